The number of nitrogens with two attached hydrogens (primary N) is 1. The van der Waals surface area contributed by atoms with Crippen LogP contribution in [0.5, 0.6) is 0 Å². The first-order valence-electron chi connectivity index (χ1n) is 6.63. The molecular weight excluding hydrogens is 216 g/mol. The van der Waals surface area contributed by atoms with E-state index in [4.69, 9.17) is 10.5 Å². The molecule has 1 aliphatic rings. The summed E-state index contributed by atoms with van der Waals surface area (Å²) in [6, 6.07) is 0. The van der Waals surface area contributed by atoms with Crippen molar-refractivity contribution in [1.29, 1.82) is 0 Å². The summed E-state index contributed by atoms with van der Waals surface area (Å²) in [6.45, 7) is 2.29. The fourth-order valence-electron chi connectivity index (χ4n) is 2.43. The molecule has 100 valence electrons. The van der Waals surface area contributed by atoms with Crippen LogP contribution in [0.15, 0.2) is 0 Å². The lowest BCUT2D eigenvalue weighted by Crippen LogP contribution is -2.23. The summed E-state index contributed by atoms with van der Waals surface area (Å²) < 4.78 is 5.65. The summed E-state index contributed by atoms with van der Waals surface area (Å²) in [5.41, 5.74) is 5.72. The Labute approximate surface area is 104 Å². The zero-order valence-corrected chi connectivity index (χ0v) is 11.2. The molecule has 0 aromatic heterocycles. The van der Waals surface area contributed by atoms with Gasteiger partial charge in [0.1, 0.15) is 0 Å². The normalized spacial score (nSPS) is 23.9. The molecule has 0 aliphatic heterocycles. The minimum absolute atomic E-state index is 0.175. The van der Waals surface area contributed by atoms with Gasteiger partial charge in [0.15, 0.2) is 0 Å². The highest BCUT2D eigenvalue weighted by molar-refractivity contribution is 5.75. The van der Waals surface area contributed by atoms with Gasteiger partial charge >= 0.3 is 0 Å². The van der Waals surface area contributed by atoms with Crippen LogP contribution in [0.4, 0.5) is 0 Å². The Morgan fingerprint density at radius 2 is 2.06 bits per heavy atom. The lowest BCUT2D eigenvalue weighted by molar-refractivity contribution is -0.129. The average molecular weight is 242 g/mol. The molecule has 1 rings (SSSR count). The van der Waals surface area contributed by atoms with Crippen LogP contribution in [0.3, 0.4) is 0 Å². The van der Waals surface area contributed by atoms with Gasteiger partial charge in [0.05, 0.1) is 0 Å². The third-order valence-corrected chi connectivity index (χ3v) is 3.63. The van der Waals surface area contributed by atoms with Crippen molar-refractivity contribution < 1.29 is 9.53 Å². The average Bonchev–Trinajstić information content (AvgIpc) is 2.75. The summed E-state index contributed by atoms with van der Waals surface area (Å²) in [5, 5.41) is 0. The monoisotopic (exact) mass is 242 g/mol. The van der Waals surface area contributed by atoms with E-state index in [1.165, 1.54) is 19.3 Å². The van der Waals surface area contributed by atoms with Gasteiger partial charge in [0, 0.05) is 33.7 Å². The lowest BCUT2D eigenvalue weighted by atomic mass is 9.97. The predicted molar refractivity (Wildman–Crippen MR) is 68.6 cm³/mol. The maximum Gasteiger partial charge on any atom is 0.222 e. The third-order valence-electron chi connectivity index (χ3n) is 3.63. The summed E-state index contributed by atoms with van der Waals surface area (Å²) in [5.74, 6) is 1.47. The molecule has 1 fully saturated rings. The van der Waals surface area contributed by atoms with Crippen LogP contribution >= 0.6 is 0 Å². The Bertz CT molecular complexity index is 231. The van der Waals surface area contributed by atoms with Crippen LogP contribution in [0.25, 0.3) is 0 Å². The summed E-state index contributed by atoms with van der Waals surface area (Å²) in [6.07, 6.45) is 5.19. The SMILES string of the molecule is CN(C)C(=O)CCCOCC1CCCC1CN. The number of rotatable bonds is 7. The van der Waals surface area contributed by atoms with Gasteiger partial charge in [-0.15, -0.1) is 0 Å². The molecule has 0 heterocycles. The molecule has 0 saturated heterocycles. The molecule has 0 aromatic carbocycles. The van der Waals surface area contributed by atoms with Gasteiger partial charge in [-0.25, -0.2) is 0 Å². The zero-order chi connectivity index (χ0) is 12.7. The Kier molecular flexibility index (Phi) is 6.52. The fraction of sp³-hybridized carbons (Fsp3) is 0.923. The van der Waals surface area contributed by atoms with Gasteiger partial charge in [-0.1, -0.05) is 6.42 Å². The van der Waals surface area contributed by atoms with E-state index in [2.05, 4.69) is 0 Å². The predicted octanol–water partition coefficient (Wildman–Crippen LogP) is 1.25. The Hall–Kier alpha value is -0.610. The summed E-state index contributed by atoms with van der Waals surface area (Å²) in [7, 11) is 3.57. The van der Waals surface area contributed by atoms with Crippen molar-refractivity contribution in [2.24, 2.45) is 17.6 Å². The molecule has 1 aliphatic carbocycles. The number of hydrogen-bond acceptors (Lipinski definition) is 3. The smallest absolute Gasteiger partial charge is 0.222 e. The molecule has 0 spiro atoms. The van der Waals surface area contributed by atoms with Crippen molar-refractivity contribution in [3.05, 3.63) is 0 Å². The molecule has 4 nitrogen and oxygen atoms in total. The first-order valence-corrected chi connectivity index (χ1v) is 6.63. The zero-order valence-electron chi connectivity index (χ0n) is 11.2. The highest BCUT2D eigenvalue weighted by Crippen LogP contribution is 2.30. The van der Waals surface area contributed by atoms with Crippen molar-refractivity contribution in [3.63, 3.8) is 0 Å². The van der Waals surface area contributed by atoms with Gasteiger partial charge in [0.2, 0.25) is 5.91 Å². The van der Waals surface area contributed by atoms with Crippen LogP contribution < -0.4 is 5.73 Å². The van der Waals surface area contributed by atoms with Gasteiger partial charge in [-0.3, -0.25) is 4.79 Å². The first-order chi connectivity index (χ1) is 8.15. The molecule has 0 radical (unpaired) electrons. The Morgan fingerprint density at radius 3 is 2.71 bits per heavy atom. The number of carbonyl (C=O) groups excluding carboxylic acids is 1. The van der Waals surface area contributed by atoms with Crippen LogP contribution in [-0.4, -0.2) is 44.7 Å². The topological polar surface area (TPSA) is 55.6 Å². The first kappa shape index (κ1) is 14.5. The van der Waals surface area contributed by atoms with Crippen molar-refractivity contribution in [2.75, 3.05) is 33.9 Å². The lowest BCUT2D eigenvalue weighted by Gasteiger charge is -2.17. The van der Waals surface area contributed by atoms with E-state index in [-0.39, 0.29) is 5.91 Å². The van der Waals surface area contributed by atoms with Crippen LogP contribution in [0, 0.1) is 11.8 Å². The maximum absolute atomic E-state index is 11.3. The van der Waals surface area contributed by atoms with Crippen LogP contribution in [0.1, 0.15) is 32.1 Å². The highest BCUT2D eigenvalue weighted by Gasteiger charge is 2.25. The van der Waals surface area contributed by atoms with Crippen LogP contribution in [0.2, 0.25) is 0 Å². The van der Waals surface area contributed by atoms with Gasteiger partial charge < -0.3 is 15.4 Å². The molecular formula is C13H26N2O2. The van der Waals surface area contributed by atoms with Gasteiger partial charge in [-0.05, 0) is 37.6 Å². The van der Waals surface area contributed by atoms with E-state index < -0.39 is 0 Å². The molecule has 2 atom stereocenters. The number of amides is 1. The summed E-state index contributed by atoms with van der Waals surface area (Å²) >= 11 is 0. The van der Waals surface area contributed by atoms with Crippen molar-refractivity contribution >= 4 is 5.91 Å². The van der Waals surface area contributed by atoms with Crippen molar-refractivity contribution in [1.82, 2.24) is 4.90 Å². The van der Waals surface area contributed by atoms with Crippen molar-refractivity contribution in [2.45, 2.75) is 32.1 Å². The van der Waals surface area contributed by atoms with Crippen LogP contribution in [-0.2, 0) is 9.53 Å². The second-order valence-electron chi connectivity index (χ2n) is 5.15. The third kappa shape index (κ3) is 5.04. The number of nitrogens with zero attached hydrogens (tertiary/aromatic N) is 1. The molecule has 17 heavy (non-hydrogen) atoms. The molecule has 2 N–H and O–H groups in total. The minimum atomic E-state index is 0.175. The molecule has 4 heteroatoms. The van der Waals surface area contributed by atoms with Gasteiger partial charge in [0.25, 0.3) is 0 Å². The number of carbonyl (C=O) groups is 1. The fourth-order valence-corrected chi connectivity index (χ4v) is 2.43. The maximum atomic E-state index is 11.3. The van der Waals surface area contributed by atoms with E-state index in [1.807, 2.05) is 0 Å². The van der Waals surface area contributed by atoms with E-state index >= 15 is 0 Å². The highest BCUT2D eigenvalue weighted by atomic mass is 16.5. The Morgan fingerprint density at radius 1 is 1.35 bits per heavy atom. The Balaban J connectivity index is 2.02. The number of ether oxygens (including phenoxy) is 1. The summed E-state index contributed by atoms with van der Waals surface area (Å²) in [4.78, 5) is 12.9. The molecule has 0 bridgehead atoms. The van der Waals surface area contributed by atoms with E-state index in [0.717, 1.165) is 19.6 Å². The standard InChI is InChI=1S/C13H26N2O2/c1-15(2)13(16)7-4-8-17-10-12-6-3-5-11(12)9-14/h11-12H,3-10,14H2,1-2H3. The van der Waals surface area contributed by atoms with E-state index in [1.54, 1.807) is 19.0 Å². The van der Waals surface area contributed by atoms with Gasteiger partial charge in [-0.2, -0.15) is 0 Å². The molecule has 0 aromatic rings. The van der Waals surface area contributed by atoms with Crippen molar-refractivity contribution in [3.8, 4) is 0 Å². The number of hydrogen-bond donors (Lipinski definition) is 1. The quantitative estimate of drug-likeness (QED) is 0.684. The second-order valence-corrected chi connectivity index (χ2v) is 5.15. The van der Waals surface area contributed by atoms with E-state index in [9.17, 15) is 4.79 Å². The second kappa shape index (κ2) is 7.67. The largest absolute Gasteiger partial charge is 0.381 e. The molecule has 2 unspecified atom stereocenters. The van der Waals surface area contributed by atoms with E-state index in [0.29, 0.717) is 24.9 Å². The minimum Gasteiger partial charge on any atom is -0.381 e. The molecule has 1 amide bonds. The molecule has 1 saturated carbocycles.